The van der Waals surface area contributed by atoms with Crippen molar-refractivity contribution in [1.29, 1.82) is 0 Å². The summed E-state index contributed by atoms with van der Waals surface area (Å²) in [6, 6.07) is 5.58. The van der Waals surface area contributed by atoms with Gasteiger partial charge in [0.1, 0.15) is 0 Å². The Hall–Kier alpha value is -0.200. The minimum Gasteiger partial charge on any atom is -0.370 e. The van der Waals surface area contributed by atoms with E-state index in [9.17, 15) is 0 Å². The molecular weight excluding hydrogens is 396 g/mol. The van der Waals surface area contributed by atoms with Gasteiger partial charge in [-0.1, -0.05) is 36.2 Å². The van der Waals surface area contributed by atoms with Crippen molar-refractivity contribution in [2.75, 3.05) is 13.1 Å². The van der Waals surface area contributed by atoms with Crippen LogP contribution in [0.15, 0.2) is 23.2 Å². The van der Waals surface area contributed by atoms with Crippen LogP contribution in [-0.4, -0.2) is 19.0 Å². The van der Waals surface area contributed by atoms with E-state index in [0.29, 0.717) is 11.0 Å². The molecule has 19 heavy (non-hydrogen) atoms. The van der Waals surface area contributed by atoms with Crippen LogP contribution in [0, 0.1) is 0 Å². The summed E-state index contributed by atoms with van der Waals surface area (Å²) in [6.07, 6.45) is 2.84. The summed E-state index contributed by atoms with van der Waals surface area (Å²) >= 11 is 11.9. The van der Waals surface area contributed by atoms with Crippen LogP contribution in [0.25, 0.3) is 0 Å². The van der Waals surface area contributed by atoms with E-state index in [4.69, 9.17) is 28.9 Å². The molecule has 0 saturated carbocycles. The highest BCUT2D eigenvalue weighted by molar-refractivity contribution is 14.0. The largest absolute Gasteiger partial charge is 0.370 e. The first-order valence-corrected chi connectivity index (χ1v) is 6.86. The normalized spacial score (nSPS) is 11.0. The highest BCUT2D eigenvalue weighted by atomic mass is 127. The molecule has 3 nitrogen and oxygen atoms in total. The monoisotopic (exact) mass is 415 g/mol. The van der Waals surface area contributed by atoms with Crippen molar-refractivity contribution < 1.29 is 0 Å². The lowest BCUT2D eigenvalue weighted by molar-refractivity contribution is 0.764. The quantitative estimate of drug-likeness (QED) is 0.321. The van der Waals surface area contributed by atoms with E-state index in [-0.39, 0.29) is 24.0 Å². The van der Waals surface area contributed by atoms with Crippen molar-refractivity contribution >= 4 is 53.1 Å². The number of nitrogens with two attached hydrogens (primary N) is 1. The van der Waals surface area contributed by atoms with Crippen LogP contribution in [0.5, 0.6) is 0 Å². The Morgan fingerprint density at radius 2 is 2.11 bits per heavy atom. The van der Waals surface area contributed by atoms with Crippen molar-refractivity contribution in [1.82, 2.24) is 5.32 Å². The third kappa shape index (κ3) is 7.84. The smallest absolute Gasteiger partial charge is 0.188 e. The number of aryl methyl sites for hydroxylation is 1. The maximum Gasteiger partial charge on any atom is 0.188 e. The van der Waals surface area contributed by atoms with Crippen LogP contribution in [0.2, 0.25) is 10.0 Å². The molecule has 0 aromatic heterocycles. The average molecular weight is 416 g/mol. The summed E-state index contributed by atoms with van der Waals surface area (Å²) in [4.78, 5) is 4.16. The molecule has 1 rings (SSSR count). The zero-order chi connectivity index (χ0) is 13.4. The molecule has 0 amide bonds. The van der Waals surface area contributed by atoms with Gasteiger partial charge in [0.15, 0.2) is 5.96 Å². The molecule has 0 aliphatic rings. The third-order valence-corrected chi connectivity index (χ3v) is 3.04. The second-order valence-electron chi connectivity index (χ2n) is 4.03. The van der Waals surface area contributed by atoms with Crippen molar-refractivity contribution in [3.63, 3.8) is 0 Å². The van der Waals surface area contributed by atoms with E-state index in [1.54, 1.807) is 6.07 Å². The molecular formula is C13H20Cl2IN3. The number of guanidine groups is 1. The lowest BCUT2D eigenvalue weighted by Crippen LogP contribution is -2.32. The minimum atomic E-state index is 0. The predicted molar refractivity (Wildman–Crippen MR) is 95.0 cm³/mol. The topological polar surface area (TPSA) is 50.4 Å². The zero-order valence-corrected chi connectivity index (χ0v) is 14.8. The third-order valence-electron chi connectivity index (χ3n) is 2.45. The maximum atomic E-state index is 6.09. The number of rotatable bonds is 6. The second kappa shape index (κ2) is 10.6. The molecule has 1 aromatic rings. The minimum absolute atomic E-state index is 0. The Morgan fingerprint density at radius 1 is 1.37 bits per heavy atom. The van der Waals surface area contributed by atoms with Crippen molar-refractivity contribution in [3.05, 3.63) is 33.8 Å². The van der Waals surface area contributed by atoms with Crippen LogP contribution in [0.4, 0.5) is 0 Å². The van der Waals surface area contributed by atoms with E-state index in [1.165, 1.54) is 0 Å². The predicted octanol–water partition coefficient (Wildman–Crippen LogP) is 3.86. The summed E-state index contributed by atoms with van der Waals surface area (Å²) in [5.41, 5.74) is 6.79. The number of nitrogens with one attached hydrogen (secondary N) is 1. The summed E-state index contributed by atoms with van der Waals surface area (Å²) < 4.78 is 0. The molecule has 1 aromatic carbocycles. The van der Waals surface area contributed by atoms with Gasteiger partial charge in [0.25, 0.3) is 0 Å². The van der Waals surface area contributed by atoms with Gasteiger partial charge in [-0.3, -0.25) is 4.99 Å². The highest BCUT2D eigenvalue weighted by Crippen LogP contribution is 2.21. The summed E-state index contributed by atoms with van der Waals surface area (Å²) in [6.45, 7) is 3.62. The van der Waals surface area contributed by atoms with Gasteiger partial charge in [0.2, 0.25) is 0 Å². The van der Waals surface area contributed by atoms with Gasteiger partial charge in [-0.2, -0.15) is 0 Å². The molecule has 0 unspecified atom stereocenters. The van der Waals surface area contributed by atoms with Crippen LogP contribution < -0.4 is 11.1 Å². The molecule has 0 bridgehead atoms. The Kier molecular flexibility index (Phi) is 10.5. The Labute approximate surface area is 142 Å². The van der Waals surface area contributed by atoms with Gasteiger partial charge in [-0.15, -0.1) is 24.0 Å². The number of benzene rings is 1. The Balaban J connectivity index is 0.00000324. The fourth-order valence-electron chi connectivity index (χ4n) is 1.51. The highest BCUT2D eigenvalue weighted by Gasteiger charge is 2.01. The maximum absolute atomic E-state index is 6.09. The first-order chi connectivity index (χ1) is 8.63. The average Bonchev–Trinajstić information content (AvgIpc) is 2.34. The SMILES string of the molecule is CCCN=C(N)NCCCc1ccc(Cl)cc1Cl.I. The Morgan fingerprint density at radius 3 is 2.74 bits per heavy atom. The molecule has 0 radical (unpaired) electrons. The first-order valence-electron chi connectivity index (χ1n) is 6.11. The van der Waals surface area contributed by atoms with Crippen LogP contribution in [0.1, 0.15) is 25.3 Å². The molecule has 0 saturated heterocycles. The number of halogens is 3. The van der Waals surface area contributed by atoms with E-state index >= 15 is 0 Å². The van der Waals surface area contributed by atoms with Crippen molar-refractivity contribution in [3.8, 4) is 0 Å². The van der Waals surface area contributed by atoms with E-state index in [0.717, 1.165) is 42.9 Å². The van der Waals surface area contributed by atoms with Gasteiger partial charge < -0.3 is 11.1 Å². The fourth-order valence-corrected chi connectivity index (χ4v) is 2.01. The number of nitrogens with zero attached hydrogens (tertiary/aromatic N) is 1. The number of hydrogen-bond donors (Lipinski definition) is 2. The molecule has 0 atom stereocenters. The van der Waals surface area contributed by atoms with Crippen molar-refractivity contribution in [2.45, 2.75) is 26.2 Å². The van der Waals surface area contributed by atoms with Gasteiger partial charge in [0.05, 0.1) is 0 Å². The summed E-state index contributed by atoms with van der Waals surface area (Å²) in [5, 5.41) is 4.46. The Bertz CT molecular complexity index is 411. The van der Waals surface area contributed by atoms with Crippen LogP contribution in [0.3, 0.4) is 0 Å². The lowest BCUT2D eigenvalue weighted by Gasteiger charge is -2.07. The number of aliphatic imine (C=N–C) groups is 1. The fraction of sp³-hybridized carbons (Fsp3) is 0.462. The molecule has 6 heteroatoms. The zero-order valence-electron chi connectivity index (χ0n) is 11.0. The number of hydrogen-bond acceptors (Lipinski definition) is 1. The molecule has 108 valence electrons. The van der Waals surface area contributed by atoms with Crippen LogP contribution in [-0.2, 0) is 6.42 Å². The van der Waals surface area contributed by atoms with Crippen LogP contribution >= 0.6 is 47.2 Å². The van der Waals surface area contributed by atoms with E-state index < -0.39 is 0 Å². The first kappa shape index (κ1) is 18.8. The summed E-state index contributed by atoms with van der Waals surface area (Å²) in [7, 11) is 0. The standard InChI is InChI=1S/C13H19Cl2N3.HI/c1-2-7-17-13(16)18-8-3-4-10-5-6-11(14)9-12(10)15;/h5-6,9H,2-4,7-8H2,1H3,(H3,16,17,18);1H. The molecule has 0 heterocycles. The second-order valence-corrected chi connectivity index (χ2v) is 4.88. The van der Waals surface area contributed by atoms with Gasteiger partial charge in [-0.05, 0) is 37.0 Å². The summed E-state index contributed by atoms with van der Waals surface area (Å²) in [5.74, 6) is 0.513. The molecule has 3 N–H and O–H groups in total. The van der Waals surface area contributed by atoms with E-state index in [2.05, 4.69) is 17.2 Å². The van der Waals surface area contributed by atoms with E-state index in [1.807, 2.05) is 12.1 Å². The lowest BCUT2D eigenvalue weighted by atomic mass is 10.1. The molecule has 0 aliphatic heterocycles. The van der Waals surface area contributed by atoms with Gasteiger partial charge >= 0.3 is 0 Å². The molecule has 0 spiro atoms. The van der Waals surface area contributed by atoms with Gasteiger partial charge in [0, 0.05) is 23.1 Å². The van der Waals surface area contributed by atoms with Gasteiger partial charge in [-0.25, -0.2) is 0 Å². The molecule has 0 aliphatic carbocycles. The van der Waals surface area contributed by atoms with Crippen molar-refractivity contribution in [2.24, 2.45) is 10.7 Å². The molecule has 0 fully saturated rings.